The van der Waals surface area contributed by atoms with Crippen LogP contribution in [0.15, 0.2) is 97.1 Å². The lowest BCUT2D eigenvalue weighted by molar-refractivity contribution is 1.17. The summed E-state index contributed by atoms with van der Waals surface area (Å²) in [6.45, 7) is 0. The van der Waals surface area contributed by atoms with Crippen molar-refractivity contribution in [1.29, 1.82) is 0 Å². The molecule has 0 saturated carbocycles. The van der Waals surface area contributed by atoms with E-state index in [4.69, 9.17) is 0 Å². The molecule has 156 valence electrons. The standard InChI is InChI=1S/C34H20/c1-2-9-24-21(6-1)17-28-29-18-23-16-22-13-12-19-7-5-8-20-14-15-27(31(22)30(19)20)32(23)34(29)26-11-4-3-10-25(26)33(24)28/h1-16H,17-18H2. The van der Waals surface area contributed by atoms with Gasteiger partial charge in [-0.3, -0.25) is 0 Å². The molecule has 9 rings (SSSR count). The van der Waals surface area contributed by atoms with E-state index in [1.165, 1.54) is 76.5 Å². The third-order valence-electron chi connectivity index (χ3n) is 8.43. The van der Waals surface area contributed by atoms with Crippen LogP contribution >= 0.6 is 0 Å². The lowest BCUT2D eigenvalue weighted by Crippen LogP contribution is -1.93. The first kappa shape index (κ1) is 17.3. The Morgan fingerprint density at radius 2 is 1.09 bits per heavy atom. The molecule has 34 heavy (non-hydrogen) atoms. The summed E-state index contributed by atoms with van der Waals surface area (Å²) in [5, 5.41) is 11.1. The van der Waals surface area contributed by atoms with Crippen molar-refractivity contribution in [2.45, 2.75) is 12.8 Å². The van der Waals surface area contributed by atoms with Crippen LogP contribution in [0.5, 0.6) is 0 Å². The molecule has 7 aromatic rings. The smallest absolute Gasteiger partial charge is 0.000970 e. The van der Waals surface area contributed by atoms with E-state index in [1.54, 1.807) is 11.1 Å². The van der Waals surface area contributed by atoms with Crippen molar-refractivity contribution in [2.75, 3.05) is 0 Å². The largest absolute Gasteiger partial charge is 0.0619 e. The molecule has 0 atom stereocenters. The maximum absolute atomic E-state index is 2.48. The highest BCUT2D eigenvalue weighted by atomic mass is 14.4. The van der Waals surface area contributed by atoms with Crippen molar-refractivity contribution in [3.8, 4) is 22.3 Å². The van der Waals surface area contributed by atoms with Gasteiger partial charge in [0.15, 0.2) is 0 Å². The SMILES string of the molecule is c1ccc2c(c1)Cc1c3c(c4ccccc4c1-2)-c1c(cc2ccc4cccc5ccc1c2c45)C3. The van der Waals surface area contributed by atoms with Gasteiger partial charge >= 0.3 is 0 Å². The fraction of sp³-hybridized carbons (Fsp3) is 0.0588. The summed E-state index contributed by atoms with van der Waals surface area (Å²) in [6.07, 6.45) is 2.08. The summed E-state index contributed by atoms with van der Waals surface area (Å²) in [6, 6.07) is 36.6. The van der Waals surface area contributed by atoms with Crippen molar-refractivity contribution in [1.82, 2.24) is 0 Å². The normalized spacial score (nSPS) is 13.6. The van der Waals surface area contributed by atoms with Crippen molar-refractivity contribution >= 4 is 43.1 Å². The van der Waals surface area contributed by atoms with Crippen LogP contribution in [0.3, 0.4) is 0 Å². The maximum Gasteiger partial charge on any atom is -0.000970 e. The molecule has 2 aliphatic carbocycles. The van der Waals surface area contributed by atoms with Gasteiger partial charge in [-0.25, -0.2) is 0 Å². The van der Waals surface area contributed by atoms with E-state index in [0.29, 0.717) is 0 Å². The molecule has 0 saturated heterocycles. The van der Waals surface area contributed by atoms with E-state index in [2.05, 4.69) is 97.1 Å². The zero-order valence-electron chi connectivity index (χ0n) is 18.7. The number of rotatable bonds is 0. The Balaban J connectivity index is 1.49. The van der Waals surface area contributed by atoms with E-state index in [1.807, 2.05) is 0 Å². The minimum atomic E-state index is 1.03. The number of hydrogen-bond acceptors (Lipinski definition) is 0. The Hall–Kier alpha value is -4.16. The fourth-order valence-electron chi connectivity index (χ4n) is 7.13. The monoisotopic (exact) mass is 428 g/mol. The quantitative estimate of drug-likeness (QED) is 0.212. The van der Waals surface area contributed by atoms with Crippen molar-refractivity contribution in [3.63, 3.8) is 0 Å². The Morgan fingerprint density at radius 1 is 0.412 bits per heavy atom. The predicted octanol–water partition coefficient (Wildman–Crippen LogP) is 8.88. The van der Waals surface area contributed by atoms with Gasteiger partial charge in [0.2, 0.25) is 0 Å². The first-order valence-electron chi connectivity index (χ1n) is 12.2. The highest BCUT2D eigenvalue weighted by molar-refractivity contribution is 6.27. The third-order valence-corrected chi connectivity index (χ3v) is 8.43. The topological polar surface area (TPSA) is 0 Å². The Morgan fingerprint density at radius 3 is 1.97 bits per heavy atom. The highest BCUT2D eigenvalue weighted by Crippen LogP contribution is 2.54. The highest BCUT2D eigenvalue weighted by Gasteiger charge is 2.32. The van der Waals surface area contributed by atoms with Crippen molar-refractivity contribution < 1.29 is 0 Å². The second kappa shape index (κ2) is 5.85. The lowest BCUT2D eigenvalue weighted by atomic mass is 9.86. The van der Waals surface area contributed by atoms with Gasteiger partial charge < -0.3 is 0 Å². The lowest BCUT2D eigenvalue weighted by Gasteiger charge is -2.17. The molecule has 0 heterocycles. The van der Waals surface area contributed by atoms with Crippen LogP contribution in [0.4, 0.5) is 0 Å². The average molecular weight is 429 g/mol. The maximum atomic E-state index is 2.48. The number of hydrogen-bond donors (Lipinski definition) is 0. The zero-order valence-corrected chi connectivity index (χ0v) is 18.7. The van der Waals surface area contributed by atoms with Gasteiger partial charge in [-0.15, -0.1) is 0 Å². The van der Waals surface area contributed by atoms with Crippen molar-refractivity contribution in [2.24, 2.45) is 0 Å². The van der Waals surface area contributed by atoms with E-state index >= 15 is 0 Å². The molecule has 0 amide bonds. The molecule has 0 unspecified atom stereocenters. The van der Waals surface area contributed by atoms with E-state index in [9.17, 15) is 0 Å². The van der Waals surface area contributed by atoms with E-state index in [0.717, 1.165) is 12.8 Å². The van der Waals surface area contributed by atoms with Gasteiger partial charge in [-0.1, -0.05) is 97.1 Å². The Labute approximate surface area is 197 Å². The van der Waals surface area contributed by atoms with Gasteiger partial charge in [0, 0.05) is 0 Å². The molecule has 0 spiro atoms. The minimum absolute atomic E-state index is 1.03. The van der Waals surface area contributed by atoms with Gasteiger partial charge in [-0.2, -0.15) is 0 Å². The van der Waals surface area contributed by atoms with Crippen LogP contribution in [0, 0.1) is 0 Å². The van der Waals surface area contributed by atoms with Crippen LogP contribution in [0.1, 0.15) is 22.3 Å². The Bertz CT molecular complexity index is 1990. The van der Waals surface area contributed by atoms with Crippen LogP contribution < -0.4 is 0 Å². The molecule has 0 N–H and O–H groups in total. The van der Waals surface area contributed by atoms with Crippen molar-refractivity contribution in [3.05, 3.63) is 119 Å². The average Bonchev–Trinajstić information content (AvgIpc) is 3.46. The minimum Gasteiger partial charge on any atom is -0.0619 e. The Kier molecular flexibility index (Phi) is 2.98. The number of fused-ring (bicyclic) bond motifs is 11. The van der Waals surface area contributed by atoms with Gasteiger partial charge in [0.25, 0.3) is 0 Å². The molecule has 0 nitrogen and oxygen atoms in total. The summed E-state index contributed by atoms with van der Waals surface area (Å²) < 4.78 is 0. The van der Waals surface area contributed by atoms with E-state index < -0.39 is 0 Å². The summed E-state index contributed by atoms with van der Waals surface area (Å²) >= 11 is 0. The molecular formula is C34H20. The fourth-order valence-corrected chi connectivity index (χ4v) is 7.13. The summed E-state index contributed by atoms with van der Waals surface area (Å²) in [5.41, 5.74) is 11.9. The molecule has 0 bridgehead atoms. The molecule has 0 radical (unpaired) electrons. The summed E-state index contributed by atoms with van der Waals surface area (Å²) in [5.74, 6) is 0. The second-order valence-electron chi connectivity index (χ2n) is 10.0. The van der Waals surface area contributed by atoms with Gasteiger partial charge in [-0.05, 0) is 100 Å². The molecule has 7 aromatic carbocycles. The number of benzene rings is 7. The van der Waals surface area contributed by atoms with Gasteiger partial charge in [0.05, 0.1) is 0 Å². The molecule has 0 aliphatic heterocycles. The van der Waals surface area contributed by atoms with Crippen LogP contribution in [0.25, 0.3) is 65.3 Å². The predicted molar refractivity (Wildman–Crippen MR) is 144 cm³/mol. The summed E-state index contributed by atoms with van der Waals surface area (Å²) in [7, 11) is 0. The van der Waals surface area contributed by atoms with Crippen LogP contribution in [-0.4, -0.2) is 0 Å². The molecule has 0 fully saturated rings. The molecule has 0 aromatic heterocycles. The second-order valence-corrected chi connectivity index (χ2v) is 10.0. The van der Waals surface area contributed by atoms with Crippen LogP contribution in [-0.2, 0) is 12.8 Å². The third kappa shape index (κ3) is 1.93. The van der Waals surface area contributed by atoms with Crippen LogP contribution in [0.2, 0.25) is 0 Å². The summed E-state index contributed by atoms with van der Waals surface area (Å²) in [4.78, 5) is 0. The van der Waals surface area contributed by atoms with Gasteiger partial charge in [0.1, 0.15) is 0 Å². The zero-order chi connectivity index (χ0) is 22.0. The molecule has 2 aliphatic rings. The molecule has 0 heteroatoms. The first-order chi connectivity index (χ1) is 16.9. The van der Waals surface area contributed by atoms with E-state index in [-0.39, 0.29) is 0 Å². The molecular weight excluding hydrogens is 408 g/mol. The first-order valence-corrected chi connectivity index (χ1v) is 12.2.